The van der Waals surface area contributed by atoms with Crippen LogP contribution in [0.25, 0.3) is 5.69 Å². The Morgan fingerprint density at radius 1 is 1.50 bits per heavy atom. The van der Waals surface area contributed by atoms with Gasteiger partial charge in [-0.2, -0.15) is 5.10 Å². The van der Waals surface area contributed by atoms with E-state index >= 15 is 0 Å². The largest absolute Gasteiger partial charge is 0.481 e. The summed E-state index contributed by atoms with van der Waals surface area (Å²) >= 11 is 5.90. The molecule has 0 atom stereocenters. The Morgan fingerprint density at radius 3 is 2.94 bits per heavy atom. The smallest absolute Gasteiger partial charge is 0.222 e. The summed E-state index contributed by atoms with van der Waals surface area (Å²) in [7, 11) is 1.54. The zero-order valence-electron chi connectivity index (χ0n) is 8.72. The number of benzene rings is 1. The van der Waals surface area contributed by atoms with Gasteiger partial charge >= 0.3 is 0 Å². The van der Waals surface area contributed by atoms with E-state index in [4.69, 9.17) is 21.4 Å². The van der Waals surface area contributed by atoms with Crippen LogP contribution in [0.3, 0.4) is 0 Å². The summed E-state index contributed by atoms with van der Waals surface area (Å²) in [6.45, 7) is -0.107. The first-order chi connectivity index (χ1) is 7.76. The molecule has 5 heteroatoms. The quantitative estimate of drug-likeness (QED) is 0.890. The van der Waals surface area contributed by atoms with E-state index in [-0.39, 0.29) is 6.61 Å². The van der Waals surface area contributed by atoms with Crippen LogP contribution in [0.5, 0.6) is 5.88 Å². The highest BCUT2D eigenvalue weighted by atomic mass is 35.5. The average Bonchev–Trinajstić information content (AvgIpc) is 2.71. The fourth-order valence-electron chi connectivity index (χ4n) is 1.49. The standard InChI is InChI=1S/C11H11ClN2O2/c1-16-11-8(7-15)6-13-14(11)10-4-2-3-9(12)5-10/h2-6,15H,7H2,1H3. The third kappa shape index (κ3) is 1.89. The van der Waals surface area contributed by atoms with Gasteiger partial charge in [0.2, 0.25) is 5.88 Å². The lowest BCUT2D eigenvalue weighted by molar-refractivity contribution is 0.272. The lowest BCUT2D eigenvalue weighted by atomic mass is 10.3. The van der Waals surface area contributed by atoms with E-state index in [1.54, 1.807) is 23.0 Å². The topological polar surface area (TPSA) is 47.3 Å². The van der Waals surface area contributed by atoms with E-state index < -0.39 is 0 Å². The molecule has 0 fully saturated rings. The minimum absolute atomic E-state index is 0.107. The first kappa shape index (κ1) is 11.0. The number of hydrogen-bond donors (Lipinski definition) is 1. The second kappa shape index (κ2) is 4.55. The SMILES string of the molecule is COc1c(CO)cnn1-c1cccc(Cl)c1. The van der Waals surface area contributed by atoms with Crippen LogP contribution < -0.4 is 4.74 Å². The van der Waals surface area contributed by atoms with Gasteiger partial charge in [-0.15, -0.1) is 0 Å². The van der Waals surface area contributed by atoms with E-state index in [2.05, 4.69) is 5.10 Å². The molecule has 4 nitrogen and oxygen atoms in total. The van der Waals surface area contributed by atoms with Crippen molar-refractivity contribution in [3.05, 3.63) is 41.0 Å². The molecule has 1 heterocycles. The van der Waals surface area contributed by atoms with Gasteiger partial charge in [-0.05, 0) is 18.2 Å². The Kier molecular flexibility index (Phi) is 3.12. The molecule has 0 radical (unpaired) electrons. The van der Waals surface area contributed by atoms with E-state index in [1.807, 2.05) is 12.1 Å². The van der Waals surface area contributed by atoms with Crippen molar-refractivity contribution in [2.45, 2.75) is 6.61 Å². The van der Waals surface area contributed by atoms with Crippen LogP contribution in [0.1, 0.15) is 5.56 Å². The third-order valence-electron chi connectivity index (χ3n) is 2.21. The fraction of sp³-hybridized carbons (Fsp3) is 0.182. The summed E-state index contributed by atoms with van der Waals surface area (Å²) in [5.41, 5.74) is 1.44. The Morgan fingerprint density at radius 2 is 2.31 bits per heavy atom. The van der Waals surface area contributed by atoms with Gasteiger partial charge in [-0.25, -0.2) is 4.68 Å². The zero-order chi connectivity index (χ0) is 11.5. The minimum Gasteiger partial charge on any atom is -0.481 e. The summed E-state index contributed by atoms with van der Waals surface area (Å²) in [6, 6.07) is 7.26. The van der Waals surface area contributed by atoms with Crippen LogP contribution in [-0.4, -0.2) is 22.0 Å². The maximum atomic E-state index is 9.10. The molecule has 0 aliphatic carbocycles. The van der Waals surface area contributed by atoms with Crippen LogP contribution in [0, 0.1) is 0 Å². The van der Waals surface area contributed by atoms with E-state index in [1.165, 1.54) is 7.11 Å². The number of nitrogens with zero attached hydrogens (tertiary/aromatic N) is 2. The molecule has 84 valence electrons. The number of aliphatic hydroxyl groups excluding tert-OH is 1. The minimum atomic E-state index is -0.107. The summed E-state index contributed by atoms with van der Waals surface area (Å²) in [6.07, 6.45) is 1.57. The molecule has 1 aromatic carbocycles. The molecule has 0 aliphatic rings. The van der Waals surface area contributed by atoms with Crippen LogP contribution in [0.15, 0.2) is 30.5 Å². The van der Waals surface area contributed by atoms with E-state index in [0.717, 1.165) is 5.69 Å². The Labute approximate surface area is 98.0 Å². The molecule has 0 unspecified atom stereocenters. The van der Waals surface area contributed by atoms with Gasteiger partial charge in [0, 0.05) is 5.02 Å². The predicted molar refractivity (Wildman–Crippen MR) is 61.0 cm³/mol. The molecule has 0 bridgehead atoms. The van der Waals surface area contributed by atoms with Crippen molar-refractivity contribution in [3.63, 3.8) is 0 Å². The summed E-state index contributed by atoms with van der Waals surface area (Å²) < 4.78 is 6.79. The van der Waals surface area contributed by atoms with Crippen molar-refractivity contribution in [3.8, 4) is 11.6 Å². The van der Waals surface area contributed by atoms with E-state index in [0.29, 0.717) is 16.5 Å². The monoisotopic (exact) mass is 238 g/mol. The molecule has 0 spiro atoms. The average molecular weight is 239 g/mol. The highest BCUT2D eigenvalue weighted by Gasteiger charge is 2.11. The number of rotatable bonds is 3. The highest BCUT2D eigenvalue weighted by molar-refractivity contribution is 6.30. The molecule has 2 aromatic rings. The molecule has 16 heavy (non-hydrogen) atoms. The summed E-state index contributed by atoms with van der Waals surface area (Å²) in [5.74, 6) is 0.518. The Bertz CT molecular complexity index is 496. The lowest BCUT2D eigenvalue weighted by Crippen LogP contribution is -2.00. The van der Waals surface area contributed by atoms with Gasteiger partial charge in [0.25, 0.3) is 0 Å². The fourth-order valence-corrected chi connectivity index (χ4v) is 1.67. The van der Waals surface area contributed by atoms with Crippen LogP contribution >= 0.6 is 11.6 Å². The molecule has 2 rings (SSSR count). The summed E-state index contributed by atoms with van der Waals surface area (Å²) in [5, 5.41) is 13.9. The van der Waals surface area contributed by atoms with E-state index in [9.17, 15) is 0 Å². The molecule has 1 N–H and O–H groups in total. The first-order valence-corrected chi connectivity index (χ1v) is 5.11. The number of aliphatic hydroxyl groups is 1. The molecule has 0 aliphatic heterocycles. The zero-order valence-corrected chi connectivity index (χ0v) is 9.48. The first-order valence-electron chi connectivity index (χ1n) is 4.74. The molecular formula is C11H11ClN2O2. The third-order valence-corrected chi connectivity index (χ3v) is 2.45. The van der Waals surface area contributed by atoms with Crippen molar-refractivity contribution < 1.29 is 9.84 Å². The van der Waals surface area contributed by atoms with Crippen molar-refractivity contribution in [2.75, 3.05) is 7.11 Å². The number of aromatic nitrogens is 2. The van der Waals surface area contributed by atoms with Crippen molar-refractivity contribution in [1.29, 1.82) is 0 Å². The maximum Gasteiger partial charge on any atom is 0.222 e. The van der Waals surface area contributed by atoms with Gasteiger partial charge in [-0.3, -0.25) is 0 Å². The Balaban J connectivity index is 2.51. The van der Waals surface area contributed by atoms with Crippen LogP contribution in [0.2, 0.25) is 5.02 Å². The second-order valence-corrected chi connectivity index (χ2v) is 3.67. The molecule has 0 saturated carbocycles. The highest BCUT2D eigenvalue weighted by Crippen LogP contribution is 2.23. The molecular weight excluding hydrogens is 228 g/mol. The summed E-state index contributed by atoms with van der Waals surface area (Å²) in [4.78, 5) is 0. The maximum absolute atomic E-state index is 9.10. The van der Waals surface area contributed by atoms with Crippen molar-refractivity contribution >= 4 is 11.6 Å². The van der Waals surface area contributed by atoms with Gasteiger partial charge in [-0.1, -0.05) is 17.7 Å². The number of halogens is 1. The van der Waals surface area contributed by atoms with Gasteiger partial charge in [0.05, 0.1) is 31.2 Å². The number of hydrogen-bond acceptors (Lipinski definition) is 3. The molecule has 0 saturated heterocycles. The predicted octanol–water partition coefficient (Wildman–Crippen LogP) is 2.03. The lowest BCUT2D eigenvalue weighted by Gasteiger charge is -2.07. The van der Waals surface area contributed by atoms with Gasteiger partial charge in [0.1, 0.15) is 0 Å². The Hall–Kier alpha value is -1.52. The molecule has 0 amide bonds. The van der Waals surface area contributed by atoms with Gasteiger partial charge in [0.15, 0.2) is 0 Å². The van der Waals surface area contributed by atoms with Gasteiger partial charge < -0.3 is 9.84 Å². The normalized spacial score (nSPS) is 10.4. The van der Waals surface area contributed by atoms with Crippen molar-refractivity contribution in [2.24, 2.45) is 0 Å². The number of methoxy groups -OCH3 is 1. The van der Waals surface area contributed by atoms with Crippen LogP contribution in [-0.2, 0) is 6.61 Å². The van der Waals surface area contributed by atoms with Crippen molar-refractivity contribution in [1.82, 2.24) is 9.78 Å². The molecule has 1 aromatic heterocycles. The van der Waals surface area contributed by atoms with Crippen LogP contribution in [0.4, 0.5) is 0 Å². The second-order valence-electron chi connectivity index (χ2n) is 3.23. The number of ether oxygens (including phenoxy) is 1.